The Morgan fingerprint density at radius 2 is 1.69 bits per heavy atom. The highest BCUT2D eigenvalue weighted by Gasteiger charge is 2.31. The van der Waals surface area contributed by atoms with Crippen LogP contribution in [0.15, 0.2) is 60.8 Å². The molecule has 0 fully saturated rings. The molecule has 0 aliphatic carbocycles. The van der Waals surface area contributed by atoms with Crippen LogP contribution in [0.2, 0.25) is 0 Å². The van der Waals surface area contributed by atoms with Crippen molar-refractivity contribution in [3.63, 3.8) is 0 Å². The molecule has 2 aromatic carbocycles. The minimum Gasteiger partial charge on any atom is -0.465 e. The summed E-state index contributed by atoms with van der Waals surface area (Å²) in [5.74, 6) is -1.19. The first kappa shape index (κ1) is 25.4. The molecule has 0 unspecified atom stereocenters. The number of aromatic nitrogens is 1. The molecular formula is C25H22F3N3O4. The summed E-state index contributed by atoms with van der Waals surface area (Å²) in [5.41, 5.74) is 0.893. The van der Waals surface area contributed by atoms with Gasteiger partial charge in [0.2, 0.25) is 5.91 Å². The summed E-state index contributed by atoms with van der Waals surface area (Å²) in [6.07, 6.45) is -5.20. The van der Waals surface area contributed by atoms with Crippen LogP contribution in [0.25, 0.3) is 11.1 Å². The van der Waals surface area contributed by atoms with Crippen LogP contribution in [0, 0.1) is 0 Å². The maximum atomic E-state index is 13.1. The standard InChI is InChI=1S/C25H22F3N3O4/c1-14(2)19-8-6-17(13-29-19)15-4-3-5-16(10-15)22(32)12-23(33)30-21-11-18(25(26,27)28)7-9-20(21)31-24(34)35/h3-11,13-14,31H,12H2,1-2H3,(H,30,33)(H,34,35). The number of pyridine rings is 1. The third kappa shape index (κ3) is 6.66. The van der Waals surface area contributed by atoms with Crippen LogP contribution in [0.1, 0.15) is 47.8 Å². The Morgan fingerprint density at radius 1 is 0.943 bits per heavy atom. The molecule has 182 valence electrons. The lowest BCUT2D eigenvalue weighted by molar-refractivity contribution is -0.137. The van der Waals surface area contributed by atoms with Crippen LogP contribution in [-0.2, 0) is 11.0 Å². The van der Waals surface area contributed by atoms with Crippen molar-refractivity contribution in [1.29, 1.82) is 0 Å². The van der Waals surface area contributed by atoms with E-state index in [1.54, 1.807) is 24.4 Å². The van der Waals surface area contributed by atoms with Gasteiger partial charge in [-0.2, -0.15) is 13.2 Å². The number of benzene rings is 2. The Morgan fingerprint density at radius 3 is 2.29 bits per heavy atom. The molecule has 7 nitrogen and oxygen atoms in total. The Labute approximate surface area is 199 Å². The van der Waals surface area contributed by atoms with Gasteiger partial charge in [0.25, 0.3) is 0 Å². The third-order valence-electron chi connectivity index (χ3n) is 5.08. The average Bonchev–Trinajstić information content (AvgIpc) is 2.79. The molecule has 35 heavy (non-hydrogen) atoms. The van der Waals surface area contributed by atoms with E-state index in [1.165, 1.54) is 6.07 Å². The number of amides is 2. The summed E-state index contributed by atoms with van der Waals surface area (Å²) in [4.78, 5) is 40.5. The number of halogens is 3. The number of rotatable bonds is 7. The van der Waals surface area contributed by atoms with Crippen LogP contribution in [-0.4, -0.2) is 27.9 Å². The number of alkyl halides is 3. The molecule has 3 rings (SSSR count). The van der Waals surface area contributed by atoms with Gasteiger partial charge >= 0.3 is 12.3 Å². The molecule has 0 aliphatic heterocycles. The van der Waals surface area contributed by atoms with E-state index >= 15 is 0 Å². The van der Waals surface area contributed by atoms with Crippen LogP contribution in [0.3, 0.4) is 0 Å². The first-order valence-electron chi connectivity index (χ1n) is 10.5. The van der Waals surface area contributed by atoms with E-state index in [4.69, 9.17) is 5.11 Å². The minimum absolute atomic E-state index is 0.235. The van der Waals surface area contributed by atoms with Crippen LogP contribution >= 0.6 is 0 Å². The monoisotopic (exact) mass is 485 g/mol. The maximum absolute atomic E-state index is 13.1. The molecule has 0 radical (unpaired) electrons. The van der Waals surface area contributed by atoms with Gasteiger partial charge in [0, 0.05) is 23.0 Å². The fourth-order valence-corrected chi connectivity index (χ4v) is 3.28. The summed E-state index contributed by atoms with van der Waals surface area (Å²) in [7, 11) is 0. The molecule has 1 heterocycles. The lowest BCUT2D eigenvalue weighted by Gasteiger charge is -2.14. The molecule has 2 amide bonds. The van der Waals surface area contributed by atoms with E-state index < -0.39 is 41.6 Å². The predicted octanol–water partition coefficient (Wildman–Crippen LogP) is 6.19. The van der Waals surface area contributed by atoms with E-state index in [9.17, 15) is 27.6 Å². The van der Waals surface area contributed by atoms with Crippen LogP contribution in [0.4, 0.5) is 29.3 Å². The number of carbonyl (C=O) groups is 3. The zero-order valence-corrected chi connectivity index (χ0v) is 18.8. The second-order valence-corrected chi connectivity index (χ2v) is 8.04. The van der Waals surface area contributed by atoms with Gasteiger partial charge in [-0.15, -0.1) is 0 Å². The number of carbonyl (C=O) groups excluding carboxylic acids is 2. The van der Waals surface area contributed by atoms with Gasteiger partial charge in [0.1, 0.15) is 0 Å². The number of Topliss-reactive ketones (excluding diaryl/α,β-unsaturated/α-hetero) is 1. The number of nitrogens with one attached hydrogen (secondary N) is 2. The van der Waals surface area contributed by atoms with Crippen LogP contribution < -0.4 is 10.6 Å². The maximum Gasteiger partial charge on any atom is 0.416 e. The fourth-order valence-electron chi connectivity index (χ4n) is 3.28. The van der Waals surface area contributed by atoms with Gasteiger partial charge < -0.3 is 10.4 Å². The second kappa shape index (κ2) is 10.4. The van der Waals surface area contributed by atoms with Gasteiger partial charge in [-0.1, -0.05) is 38.1 Å². The van der Waals surface area contributed by atoms with Gasteiger partial charge in [-0.05, 0) is 41.8 Å². The number of ketones is 1. The summed E-state index contributed by atoms with van der Waals surface area (Å²) < 4.78 is 39.2. The van der Waals surface area contributed by atoms with E-state index in [1.807, 2.05) is 31.3 Å². The lowest BCUT2D eigenvalue weighted by Crippen LogP contribution is -2.19. The quantitative estimate of drug-likeness (QED) is 0.273. The molecule has 3 N–H and O–H groups in total. The van der Waals surface area contributed by atoms with E-state index in [0.29, 0.717) is 17.7 Å². The largest absolute Gasteiger partial charge is 0.465 e. The van der Waals surface area contributed by atoms with E-state index in [0.717, 1.165) is 17.3 Å². The van der Waals surface area contributed by atoms with Crippen molar-refractivity contribution in [2.45, 2.75) is 32.4 Å². The highest BCUT2D eigenvalue weighted by atomic mass is 19.4. The Bertz CT molecular complexity index is 1260. The van der Waals surface area contributed by atoms with E-state index in [-0.39, 0.29) is 17.2 Å². The average molecular weight is 485 g/mol. The lowest BCUT2D eigenvalue weighted by atomic mass is 10.00. The molecule has 0 saturated carbocycles. The van der Waals surface area contributed by atoms with Crippen molar-refractivity contribution < 1.29 is 32.7 Å². The molecule has 1 aromatic heterocycles. The van der Waals surface area contributed by atoms with Crippen molar-refractivity contribution in [2.75, 3.05) is 10.6 Å². The minimum atomic E-state index is -4.71. The number of hydrogen-bond donors (Lipinski definition) is 3. The SMILES string of the molecule is CC(C)c1ccc(-c2cccc(C(=O)CC(=O)Nc3cc(C(F)(F)F)ccc3NC(=O)O)c2)cn1. The highest BCUT2D eigenvalue weighted by molar-refractivity contribution is 6.12. The fraction of sp³-hybridized carbons (Fsp3) is 0.200. The summed E-state index contributed by atoms with van der Waals surface area (Å²) in [5, 5.41) is 13.0. The molecule has 0 aliphatic rings. The predicted molar refractivity (Wildman–Crippen MR) is 124 cm³/mol. The molecular weight excluding hydrogens is 463 g/mol. The smallest absolute Gasteiger partial charge is 0.416 e. The Kier molecular flexibility index (Phi) is 7.53. The van der Waals surface area contributed by atoms with Crippen molar-refractivity contribution >= 4 is 29.2 Å². The van der Waals surface area contributed by atoms with Gasteiger partial charge in [-0.3, -0.25) is 19.9 Å². The van der Waals surface area contributed by atoms with Crippen molar-refractivity contribution in [1.82, 2.24) is 4.98 Å². The number of carboxylic acid groups (broad SMARTS) is 1. The van der Waals surface area contributed by atoms with Gasteiger partial charge in [0.05, 0.1) is 23.4 Å². The van der Waals surface area contributed by atoms with Crippen LogP contribution in [0.5, 0.6) is 0 Å². The zero-order valence-electron chi connectivity index (χ0n) is 18.8. The number of hydrogen-bond acceptors (Lipinski definition) is 4. The Balaban J connectivity index is 1.77. The first-order valence-corrected chi connectivity index (χ1v) is 10.5. The van der Waals surface area contributed by atoms with Crippen molar-refractivity contribution in [3.05, 3.63) is 77.6 Å². The van der Waals surface area contributed by atoms with Crippen molar-refractivity contribution in [2.24, 2.45) is 0 Å². The molecule has 10 heteroatoms. The molecule has 3 aromatic rings. The topological polar surface area (TPSA) is 108 Å². The Hall–Kier alpha value is -4.21. The number of anilines is 2. The molecule has 0 atom stereocenters. The second-order valence-electron chi connectivity index (χ2n) is 8.04. The summed E-state index contributed by atoms with van der Waals surface area (Å²) >= 11 is 0. The summed E-state index contributed by atoms with van der Waals surface area (Å²) in [6.45, 7) is 4.04. The summed E-state index contributed by atoms with van der Waals surface area (Å²) in [6, 6.07) is 12.5. The van der Waals surface area contributed by atoms with Crippen molar-refractivity contribution in [3.8, 4) is 11.1 Å². The zero-order chi connectivity index (χ0) is 25.8. The molecule has 0 bridgehead atoms. The molecule has 0 spiro atoms. The van der Waals surface area contributed by atoms with Gasteiger partial charge in [-0.25, -0.2) is 4.79 Å². The highest BCUT2D eigenvalue weighted by Crippen LogP contribution is 2.34. The number of nitrogens with zero attached hydrogens (tertiary/aromatic N) is 1. The first-order chi connectivity index (χ1) is 16.4. The molecule has 0 saturated heterocycles. The third-order valence-corrected chi connectivity index (χ3v) is 5.08. The normalized spacial score (nSPS) is 11.3. The van der Waals surface area contributed by atoms with Gasteiger partial charge in [0.15, 0.2) is 5.78 Å². The van der Waals surface area contributed by atoms with E-state index in [2.05, 4.69) is 10.3 Å².